The fourth-order valence-corrected chi connectivity index (χ4v) is 3.43. The van der Waals surface area contributed by atoms with Gasteiger partial charge in [0.05, 0.1) is 6.42 Å². The number of benzene rings is 2. The van der Waals surface area contributed by atoms with E-state index in [4.69, 9.17) is 5.11 Å². The highest BCUT2D eigenvalue weighted by Gasteiger charge is 2.32. The first kappa shape index (κ1) is 31.5. The van der Waals surface area contributed by atoms with Crippen LogP contribution in [0, 0.1) is 32.8 Å². The van der Waals surface area contributed by atoms with Gasteiger partial charge in [0.25, 0.3) is 0 Å². The maximum atomic E-state index is 13.8. The Morgan fingerprint density at radius 2 is 1.49 bits per heavy atom. The average molecular weight is 667 g/mol. The van der Waals surface area contributed by atoms with E-state index >= 15 is 0 Å². The standard InChI is InChI=1S/C24H22F4IN3O7/c1-10(2)20(32-24(38)23(37)30-12-5-3-11(29)4-6-12)22(36)31-15(8-17(34)35)16(33)9-39-21-18(27)13(25)7-14(26)19(21)28/h3-7,10,15,20H,8-9H2,1-2H3,(H,30,37)(H,31,36)(H,32,38)(H,34,35)/t15-,20-/m0/s1. The molecule has 2 aromatic rings. The number of carboxylic acid groups (broad SMARTS) is 1. The molecule has 0 bridgehead atoms. The van der Waals surface area contributed by atoms with Crippen molar-refractivity contribution in [2.45, 2.75) is 32.4 Å². The maximum absolute atomic E-state index is 13.8. The van der Waals surface area contributed by atoms with Crippen molar-refractivity contribution < 1.29 is 51.4 Å². The van der Waals surface area contributed by atoms with Crippen LogP contribution in [-0.2, 0) is 24.0 Å². The second kappa shape index (κ2) is 13.9. The fourth-order valence-electron chi connectivity index (χ4n) is 3.07. The number of hydrogen-bond donors (Lipinski definition) is 4. The molecule has 2 aromatic carbocycles. The maximum Gasteiger partial charge on any atom is 0.313 e. The lowest BCUT2D eigenvalue weighted by Gasteiger charge is -2.24. The molecular formula is C24H22F4IN3O7. The number of aliphatic carboxylic acids is 1. The Kier molecular flexibility index (Phi) is 11.2. The van der Waals surface area contributed by atoms with Crippen LogP contribution in [0.4, 0.5) is 23.2 Å². The van der Waals surface area contributed by atoms with Crippen molar-refractivity contribution in [3.8, 4) is 5.75 Å². The van der Waals surface area contributed by atoms with Gasteiger partial charge in [0, 0.05) is 15.3 Å². The molecule has 0 unspecified atom stereocenters. The first-order chi connectivity index (χ1) is 18.2. The number of rotatable bonds is 11. The zero-order chi connectivity index (χ0) is 29.4. The third-order valence-corrected chi connectivity index (χ3v) is 5.78. The zero-order valence-electron chi connectivity index (χ0n) is 20.3. The van der Waals surface area contributed by atoms with E-state index in [1.807, 2.05) is 22.6 Å². The number of amides is 3. The molecule has 0 saturated heterocycles. The summed E-state index contributed by atoms with van der Waals surface area (Å²) >= 11 is 2.04. The quantitative estimate of drug-likeness (QED) is 0.125. The first-order valence-corrected chi connectivity index (χ1v) is 12.2. The Labute approximate surface area is 232 Å². The average Bonchev–Trinajstić information content (AvgIpc) is 2.86. The summed E-state index contributed by atoms with van der Waals surface area (Å²) in [6.45, 7) is 1.71. The lowest BCUT2D eigenvalue weighted by atomic mass is 10.0. The fraction of sp³-hybridized carbons (Fsp3) is 0.292. The molecule has 0 aliphatic rings. The minimum absolute atomic E-state index is 0.0755. The SMILES string of the molecule is CC(C)[C@H](NC(=O)C(=O)Nc1ccc(I)cc1)C(=O)N[C@@H](CC(=O)O)C(=O)COc1c(F)c(F)cc(F)c1F. The molecule has 4 N–H and O–H groups in total. The topological polar surface area (TPSA) is 151 Å². The van der Waals surface area contributed by atoms with Crippen LogP contribution in [0.1, 0.15) is 20.3 Å². The number of carboxylic acids is 1. The Balaban J connectivity index is 2.11. The van der Waals surface area contributed by atoms with Crippen molar-refractivity contribution in [3.63, 3.8) is 0 Å². The van der Waals surface area contributed by atoms with E-state index in [1.165, 1.54) is 13.8 Å². The predicted molar refractivity (Wildman–Crippen MR) is 136 cm³/mol. The summed E-state index contributed by atoms with van der Waals surface area (Å²) in [4.78, 5) is 61.3. The van der Waals surface area contributed by atoms with E-state index in [1.54, 1.807) is 24.3 Å². The van der Waals surface area contributed by atoms with Crippen LogP contribution in [0.25, 0.3) is 0 Å². The van der Waals surface area contributed by atoms with E-state index in [0.717, 1.165) is 3.57 Å². The lowest BCUT2D eigenvalue weighted by molar-refractivity contribution is -0.141. The number of carbonyl (C=O) groups is 5. The minimum Gasteiger partial charge on any atom is -0.481 e. The molecule has 0 aliphatic heterocycles. The van der Waals surface area contributed by atoms with Crippen molar-refractivity contribution in [2.24, 2.45) is 5.92 Å². The van der Waals surface area contributed by atoms with Crippen LogP contribution in [0.3, 0.4) is 0 Å². The summed E-state index contributed by atoms with van der Waals surface area (Å²) in [5.41, 5.74) is 0.305. The van der Waals surface area contributed by atoms with Gasteiger partial charge in [-0.25, -0.2) is 8.78 Å². The predicted octanol–water partition coefficient (Wildman–Crippen LogP) is 2.53. The van der Waals surface area contributed by atoms with Crippen LogP contribution >= 0.6 is 22.6 Å². The highest BCUT2D eigenvalue weighted by molar-refractivity contribution is 14.1. The van der Waals surface area contributed by atoms with Gasteiger partial charge in [0.15, 0.2) is 23.2 Å². The number of nitrogens with one attached hydrogen (secondary N) is 3. The van der Waals surface area contributed by atoms with Gasteiger partial charge in [-0.05, 0) is 52.8 Å². The summed E-state index contributed by atoms with van der Waals surface area (Å²) in [5.74, 6) is -15.8. The smallest absolute Gasteiger partial charge is 0.313 e. The number of hydrogen-bond acceptors (Lipinski definition) is 6. The number of ketones is 1. The van der Waals surface area contributed by atoms with Gasteiger partial charge in [-0.15, -0.1) is 0 Å². The van der Waals surface area contributed by atoms with E-state index in [0.29, 0.717) is 5.69 Å². The van der Waals surface area contributed by atoms with Crippen molar-refractivity contribution in [1.82, 2.24) is 10.6 Å². The summed E-state index contributed by atoms with van der Waals surface area (Å²) in [7, 11) is 0. The summed E-state index contributed by atoms with van der Waals surface area (Å²) in [6, 6.07) is 3.10. The molecule has 2 rings (SSSR count). The third kappa shape index (κ3) is 8.90. The molecule has 0 aliphatic carbocycles. The molecule has 3 amide bonds. The molecule has 15 heteroatoms. The van der Waals surface area contributed by atoms with Gasteiger partial charge in [-0.2, -0.15) is 8.78 Å². The normalized spacial score (nSPS) is 12.3. The van der Waals surface area contributed by atoms with Crippen LogP contribution < -0.4 is 20.7 Å². The summed E-state index contributed by atoms with van der Waals surface area (Å²) < 4.78 is 59.8. The largest absolute Gasteiger partial charge is 0.481 e. The van der Waals surface area contributed by atoms with Gasteiger partial charge in [0.2, 0.25) is 17.5 Å². The van der Waals surface area contributed by atoms with Crippen molar-refractivity contribution >= 4 is 57.8 Å². The molecule has 0 fully saturated rings. The summed E-state index contributed by atoms with van der Waals surface area (Å²) in [6.07, 6.45) is -1.01. The van der Waals surface area contributed by atoms with Gasteiger partial charge in [0.1, 0.15) is 18.7 Å². The van der Waals surface area contributed by atoms with Crippen LogP contribution in [0.2, 0.25) is 0 Å². The molecule has 0 radical (unpaired) electrons. The summed E-state index contributed by atoms with van der Waals surface area (Å²) in [5, 5.41) is 15.7. The van der Waals surface area contributed by atoms with E-state index in [2.05, 4.69) is 20.7 Å². The highest BCUT2D eigenvalue weighted by Crippen LogP contribution is 2.26. The second-order valence-electron chi connectivity index (χ2n) is 8.37. The Bertz CT molecular complexity index is 1250. The molecule has 39 heavy (non-hydrogen) atoms. The molecule has 0 aromatic heterocycles. The van der Waals surface area contributed by atoms with Crippen molar-refractivity contribution in [2.75, 3.05) is 11.9 Å². The number of ether oxygens (including phenoxy) is 1. The monoisotopic (exact) mass is 667 g/mol. The Hall–Kier alpha value is -3.76. The number of carbonyl (C=O) groups excluding carboxylic acids is 4. The molecular weight excluding hydrogens is 645 g/mol. The van der Waals surface area contributed by atoms with Gasteiger partial charge in [-0.1, -0.05) is 13.8 Å². The molecule has 210 valence electrons. The number of Topliss-reactive ketones (excluding diaryl/α,β-unsaturated/α-hetero) is 1. The minimum atomic E-state index is -1.92. The third-order valence-electron chi connectivity index (χ3n) is 5.06. The Morgan fingerprint density at radius 1 is 0.923 bits per heavy atom. The number of anilines is 1. The van der Waals surface area contributed by atoms with Crippen molar-refractivity contribution in [3.05, 3.63) is 57.2 Å². The highest BCUT2D eigenvalue weighted by atomic mass is 127. The van der Waals surface area contributed by atoms with Crippen molar-refractivity contribution in [1.29, 1.82) is 0 Å². The number of halogens is 5. The van der Waals surface area contributed by atoms with Gasteiger partial charge in [-0.3, -0.25) is 24.0 Å². The second-order valence-corrected chi connectivity index (χ2v) is 9.61. The van der Waals surface area contributed by atoms with E-state index < -0.39 is 89.5 Å². The molecule has 0 heterocycles. The Morgan fingerprint density at radius 3 is 2.00 bits per heavy atom. The van der Waals surface area contributed by atoms with Gasteiger partial charge < -0.3 is 25.8 Å². The van der Waals surface area contributed by atoms with E-state index in [9.17, 15) is 41.5 Å². The van der Waals surface area contributed by atoms with Crippen LogP contribution in [0.15, 0.2) is 30.3 Å². The molecule has 10 nitrogen and oxygen atoms in total. The van der Waals surface area contributed by atoms with Crippen LogP contribution in [0.5, 0.6) is 5.75 Å². The molecule has 0 saturated carbocycles. The first-order valence-electron chi connectivity index (χ1n) is 11.1. The van der Waals surface area contributed by atoms with E-state index in [-0.39, 0.29) is 6.07 Å². The molecule has 0 spiro atoms. The molecule has 2 atom stereocenters. The van der Waals surface area contributed by atoms with Crippen LogP contribution in [-0.4, -0.2) is 53.3 Å². The van der Waals surface area contributed by atoms with Gasteiger partial charge >= 0.3 is 17.8 Å². The zero-order valence-corrected chi connectivity index (χ0v) is 22.5. The lowest BCUT2D eigenvalue weighted by Crippen LogP contribution is -2.56.